The quantitative estimate of drug-likeness (QED) is 0.199. The van der Waals surface area contributed by atoms with Gasteiger partial charge in [0.15, 0.2) is 0 Å². The smallest absolute Gasteiger partial charge is 0.346 e. The maximum absolute atomic E-state index is 13.7. The predicted octanol–water partition coefficient (Wildman–Crippen LogP) is 7.15. The van der Waals surface area contributed by atoms with Gasteiger partial charge in [-0.05, 0) is 63.9 Å². The molecule has 1 aliphatic heterocycles. The summed E-state index contributed by atoms with van der Waals surface area (Å²) in [4.78, 5) is 31.6. The van der Waals surface area contributed by atoms with Gasteiger partial charge in [-0.3, -0.25) is 14.5 Å². The highest BCUT2D eigenvalue weighted by atomic mass is 19.4. The van der Waals surface area contributed by atoms with Gasteiger partial charge in [-0.1, -0.05) is 103 Å². The summed E-state index contributed by atoms with van der Waals surface area (Å²) in [5.41, 5.74) is 7.02. The third-order valence-electron chi connectivity index (χ3n) is 10.2. The molecule has 0 radical (unpaired) electrons. The SMILES string of the molecule is O=C(CC1c2ccccc2-c2ccccc21)N1CCN(CCCCC2(C(=O)NCC(F)(F)F)c3ccccc3-c3ccccc32)CC1. The summed E-state index contributed by atoms with van der Waals surface area (Å²) in [6, 6.07) is 31.9. The summed E-state index contributed by atoms with van der Waals surface area (Å²) < 4.78 is 39.6. The van der Waals surface area contributed by atoms with E-state index in [2.05, 4.69) is 34.5 Å². The van der Waals surface area contributed by atoms with Crippen molar-refractivity contribution < 1.29 is 22.8 Å². The number of unbranched alkanes of at least 4 members (excludes halogenated alkanes) is 1. The molecule has 4 aromatic carbocycles. The number of hydrogen-bond acceptors (Lipinski definition) is 3. The second-order valence-corrected chi connectivity index (χ2v) is 12.9. The van der Waals surface area contributed by atoms with Crippen LogP contribution in [0.15, 0.2) is 97.1 Å². The van der Waals surface area contributed by atoms with Crippen molar-refractivity contribution in [2.45, 2.75) is 43.2 Å². The van der Waals surface area contributed by atoms with Crippen molar-refractivity contribution >= 4 is 11.8 Å². The Morgan fingerprint density at radius 3 is 1.77 bits per heavy atom. The van der Waals surface area contributed by atoms with Crippen molar-refractivity contribution in [1.82, 2.24) is 15.1 Å². The first-order valence-electron chi connectivity index (χ1n) is 16.5. The van der Waals surface area contributed by atoms with Crippen LogP contribution in [0.25, 0.3) is 22.3 Å². The van der Waals surface area contributed by atoms with Gasteiger partial charge in [0.2, 0.25) is 11.8 Å². The average Bonchev–Trinajstić information content (AvgIpc) is 3.56. The topological polar surface area (TPSA) is 52.7 Å². The number of carbonyl (C=O) groups excluding carboxylic acids is 2. The van der Waals surface area contributed by atoms with Crippen molar-refractivity contribution in [2.75, 3.05) is 39.3 Å². The van der Waals surface area contributed by atoms with E-state index in [1.54, 1.807) is 0 Å². The molecule has 0 aromatic heterocycles. The standard InChI is InChI=1S/C39H38F3N3O2/c40-39(41,42)26-43-37(47)38(34-17-7-5-15-31(34)32-16-6-8-18-35(32)38)19-9-10-20-44-21-23-45(24-22-44)36(46)25-33-29-13-3-1-11-27(29)28-12-2-4-14-30(28)33/h1-8,11-18,33H,9-10,19-26H2,(H,43,47). The van der Waals surface area contributed by atoms with Crippen LogP contribution in [-0.2, 0) is 15.0 Å². The third-order valence-corrected chi connectivity index (χ3v) is 10.2. The summed E-state index contributed by atoms with van der Waals surface area (Å²) >= 11 is 0. The van der Waals surface area contributed by atoms with Gasteiger partial charge in [0.1, 0.15) is 12.0 Å². The highest BCUT2D eigenvalue weighted by molar-refractivity contribution is 6.00. The summed E-state index contributed by atoms with van der Waals surface area (Å²) in [5, 5.41) is 2.22. The molecule has 1 N–H and O–H groups in total. The Morgan fingerprint density at radius 2 is 1.21 bits per heavy atom. The van der Waals surface area contributed by atoms with E-state index in [1.165, 1.54) is 22.3 Å². The van der Waals surface area contributed by atoms with Crippen LogP contribution < -0.4 is 5.32 Å². The molecule has 4 aromatic rings. The second kappa shape index (κ2) is 12.6. The molecule has 47 heavy (non-hydrogen) atoms. The highest BCUT2D eigenvalue weighted by Crippen LogP contribution is 2.52. The van der Waals surface area contributed by atoms with Crippen LogP contribution in [0.3, 0.4) is 0 Å². The molecule has 1 saturated heterocycles. The first-order chi connectivity index (χ1) is 22.8. The summed E-state index contributed by atoms with van der Waals surface area (Å²) in [6.07, 6.45) is -2.17. The van der Waals surface area contributed by atoms with E-state index in [0.29, 0.717) is 32.4 Å². The van der Waals surface area contributed by atoms with Crippen LogP contribution in [-0.4, -0.2) is 67.1 Å². The lowest BCUT2D eigenvalue weighted by Crippen LogP contribution is -2.49. The Bertz CT molecular complexity index is 1700. The van der Waals surface area contributed by atoms with Gasteiger partial charge in [-0.2, -0.15) is 13.2 Å². The molecular formula is C39H38F3N3O2. The summed E-state index contributed by atoms with van der Waals surface area (Å²) in [6.45, 7) is 2.31. The maximum atomic E-state index is 13.7. The molecule has 1 heterocycles. The van der Waals surface area contributed by atoms with Crippen molar-refractivity contribution in [3.8, 4) is 22.3 Å². The Morgan fingerprint density at radius 1 is 0.702 bits per heavy atom. The number of carbonyl (C=O) groups is 2. The molecule has 242 valence electrons. The van der Waals surface area contributed by atoms with Crippen molar-refractivity contribution in [1.29, 1.82) is 0 Å². The van der Waals surface area contributed by atoms with Crippen LogP contribution in [0.2, 0.25) is 0 Å². The lowest BCUT2D eigenvalue weighted by molar-refractivity contribution is -0.141. The number of nitrogens with zero attached hydrogens (tertiary/aromatic N) is 2. The summed E-state index contributed by atoms with van der Waals surface area (Å²) in [7, 11) is 0. The van der Waals surface area contributed by atoms with Gasteiger partial charge in [0.25, 0.3) is 0 Å². The van der Waals surface area contributed by atoms with Crippen LogP contribution >= 0.6 is 0 Å². The lowest BCUT2D eigenvalue weighted by atomic mass is 9.73. The molecule has 3 aliphatic rings. The maximum Gasteiger partial charge on any atom is 0.405 e. The van der Waals surface area contributed by atoms with E-state index in [1.807, 2.05) is 77.7 Å². The van der Waals surface area contributed by atoms with Gasteiger partial charge in [0.05, 0.1) is 0 Å². The molecule has 7 rings (SSSR count). The largest absolute Gasteiger partial charge is 0.405 e. The Hall–Kier alpha value is -4.43. The predicted molar refractivity (Wildman–Crippen MR) is 177 cm³/mol. The second-order valence-electron chi connectivity index (χ2n) is 12.9. The van der Waals surface area contributed by atoms with E-state index in [-0.39, 0.29) is 11.8 Å². The molecule has 0 atom stereocenters. The first kappa shape index (κ1) is 31.2. The molecule has 1 fully saturated rings. The number of rotatable bonds is 9. The lowest BCUT2D eigenvalue weighted by Gasteiger charge is -2.36. The number of halogens is 3. The van der Waals surface area contributed by atoms with E-state index in [4.69, 9.17) is 0 Å². The number of hydrogen-bond donors (Lipinski definition) is 1. The third kappa shape index (κ3) is 5.84. The highest BCUT2D eigenvalue weighted by Gasteiger charge is 2.49. The zero-order valence-corrected chi connectivity index (χ0v) is 26.2. The molecule has 2 aliphatic carbocycles. The van der Waals surface area contributed by atoms with Gasteiger partial charge < -0.3 is 10.2 Å². The molecule has 0 bridgehead atoms. The minimum absolute atomic E-state index is 0.0689. The van der Waals surface area contributed by atoms with Crippen molar-refractivity contribution in [3.05, 3.63) is 119 Å². The minimum Gasteiger partial charge on any atom is -0.346 e. The van der Waals surface area contributed by atoms with E-state index < -0.39 is 24.0 Å². The first-order valence-corrected chi connectivity index (χ1v) is 16.5. The average molecular weight is 638 g/mol. The van der Waals surface area contributed by atoms with E-state index in [0.717, 1.165) is 48.3 Å². The van der Waals surface area contributed by atoms with Crippen LogP contribution in [0.5, 0.6) is 0 Å². The van der Waals surface area contributed by atoms with E-state index >= 15 is 0 Å². The zero-order valence-electron chi connectivity index (χ0n) is 26.2. The van der Waals surface area contributed by atoms with Crippen LogP contribution in [0, 0.1) is 0 Å². The molecule has 2 amide bonds. The molecule has 0 spiro atoms. The number of alkyl halides is 3. The van der Waals surface area contributed by atoms with Crippen LogP contribution in [0.4, 0.5) is 13.2 Å². The minimum atomic E-state index is -4.50. The normalized spacial score (nSPS) is 16.7. The number of nitrogens with one attached hydrogen (secondary N) is 1. The molecule has 0 unspecified atom stereocenters. The fourth-order valence-corrected chi connectivity index (χ4v) is 8.01. The molecule has 5 nitrogen and oxygen atoms in total. The van der Waals surface area contributed by atoms with E-state index in [9.17, 15) is 22.8 Å². The fraction of sp³-hybridized carbons (Fsp3) is 0.333. The summed E-state index contributed by atoms with van der Waals surface area (Å²) in [5.74, 6) is -0.363. The Kier molecular flexibility index (Phi) is 8.39. The zero-order chi connectivity index (χ0) is 32.6. The Labute approximate surface area is 273 Å². The fourth-order valence-electron chi connectivity index (χ4n) is 8.01. The number of benzene rings is 4. The monoisotopic (exact) mass is 637 g/mol. The van der Waals surface area contributed by atoms with Crippen molar-refractivity contribution in [2.24, 2.45) is 0 Å². The number of amides is 2. The van der Waals surface area contributed by atoms with Crippen molar-refractivity contribution in [3.63, 3.8) is 0 Å². The van der Waals surface area contributed by atoms with Gasteiger partial charge >= 0.3 is 6.18 Å². The van der Waals surface area contributed by atoms with Crippen LogP contribution in [0.1, 0.15) is 53.9 Å². The van der Waals surface area contributed by atoms with Gasteiger partial charge in [0, 0.05) is 38.5 Å². The molecule has 8 heteroatoms. The molecular weight excluding hydrogens is 599 g/mol. The molecule has 0 saturated carbocycles. The van der Waals surface area contributed by atoms with Gasteiger partial charge in [-0.15, -0.1) is 0 Å². The van der Waals surface area contributed by atoms with Gasteiger partial charge in [-0.25, -0.2) is 0 Å². The Balaban J connectivity index is 0.971. The number of piperazine rings is 1. The number of fused-ring (bicyclic) bond motifs is 6.